The molecule has 1 unspecified atom stereocenters. The Morgan fingerprint density at radius 3 is 2.71 bits per heavy atom. The molecule has 0 saturated heterocycles. The Morgan fingerprint density at radius 1 is 1.47 bits per heavy atom. The summed E-state index contributed by atoms with van der Waals surface area (Å²) in [5, 5.41) is 0. The summed E-state index contributed by atoms with van der Waals surface area (Å²) in [4.78, 5) is 8.65. The van der Waals surface area contributed by atoms with Gasteiger partial charge in [-0.2, -0.15) is 0 Å². The van der Waals surface area contributed by atoms with Crippen molar-refractivity contribution in [1.82, 2.24) is 0 Å². The third-order valence-electron chi connectivity index (χ3n) is 2.84. The van der Waals surface area contributed by atoms with Crippen molar-refractivity contribution in [3.8, 4) is 0 Å². The van der Waals surface area contributed by atoms with Crippen molar-refractivity contribution in [3.05, 3.63) is 29.3 Å². The summed E-state index contributed by atoms with van der Waals surface area (Å²) in [6.07, 6.45) is 3.04. The molecule has 17 heavy (non-hydrogen) atoms. The van der Waals surface area contributed by atoms with Gasteiger partial charge in [-0.15, -0.1) is 0 Å². The van der Waals surface area contributed by atoms with Crippen molar-refractivity contribution in [3.63, 3.8) is 0 Å². The van der Waals surface area contributed by atoms with E-state index in [9.17, 15) is 0 Å². The lowest BCUT2D eigenvalue weighted by molar-refractivity contribution is 0.755. The monoisotopic (exact) mass is 231 g/mol. The highest BCUT2D eigenvalue weighted by Gasteiger charge is 2.03. The van der Waals surface area contributed by atoms with Crippen LogP contribution in [0.3, 0.4) is 0 Å². The first kappa shape index (κ1) is 13.4. The van der Waals surface area contributed by atoms with Gasteiger partial charge in [0.05, 0.1) is 0 Å². The van der Waals surface area contributed by atoms with Crippen LogP contribution in [0.5, 0.6) is 0 Å². The van der Waals surface area contributed by atoms with E-state index in [-0.39, 0.29) is 0 Å². The van der Waals surface area contributed by atoms with Crippen molar-refractivity contribution >= 4 is 17.7 Å². The molecule has 0 saturated carbocycles. The van der Waals surface area contributed by atoms with Crippen LogP contribution in [0.4, 0.5) is 5.69 Å². The molecule has 1 aromatic carbocycles. The lowest BCUT2D eigenvalue weighted by Crippen LogP contribution is -2.02. The molecule has 0 spiro atoms. The summed E-state index contributed by atoms with van der Waals surface area (Å²) in [5.74, 6) is 1.23. The number of rotatable bonds is 3. The van der Waals surface area contributed by atoms with Gasteiger partial charge in [0, 0.05) is 24.5 Å². The molecule has 2 N–H and O–H groups in total. The van der Waals surface area contributed by atoms with Crippen LogP contribution in [0.15, 0.2) is 28.2 Å². The van der Waals surface area contributed by atoms with Crippen molar-refractivity contribution in [1.29, 1.82) is 0 Å². The Kier molecular flexibility index (Phi) is 4.88. The van der Waals surface area contributed by atoms with E-state index in [0.29, 0.717) is 5.92 Å². The van der Waals surface area contributed by atoms with E-state index in [4.69, 9.17) is 5.73 Å². The molecule has 0 aliphatic rings. The molecule has 92 valence electrons. The average molecular weight is 231 g/mol. The van der Waals surface area contributed by atoms with Crippen LogP contribution in [0, 0.1) is 12.8 Å². The predicted octanol–water partition coefficient (Wildman–Crippen LogP) is 3.07. The van der Waals surface area contributed by atoms with Crippen molar-refractivity contribution in [2.24, 2.45) is 15.9 Å². The van der Waals surface area contributed by atoms with Gasteiger partial charge in [-0.05, 0) is 43.0 Å². The van der Waals surface area contributed by atoms with E-state index in [2.05, 4.69) is 23.8 Å². The second kappa shape index (κ2) is 6.18. The maximum atomic E-state index is 5.80. The molecule has 1 aromatic rings. The molecular formula is C14H21N3. The standard InChI is InChI=1S/C14H21N3/c1-5-10(2)9-17-14(16-4)12-6-7-13(15)11(3)8-12/h6-10H,5,15H2,1-4H3. The number of hydrogen-bond donors (Lipinski definition) is 1. The number of benzene rings is 1. The van der Waals surface area contributed by atoms with E-state index in [1.165, 1.54) is 0 Å². The first-order valence-electron chi connectivity index (χ1n) is 5.96. The lowest BCUT2D eigenvalue weighted by atomic mass is 10.1. The molecule has 0 aromatic heterocycles. The number of aliphatic imine (C=N–C) groups is 2. The first-order valence-corrected chi connectivity index (χ1v) is 5.96. The maximum Gasteiger partial charge on any atom is 0.153 e. The summed E-state index contributed by atoms with van der Waals surface area (Å²) in [5.41, 5.74) is 8.67. The zero-order valence-corrected chi connectivity index (χ0v) is 11.1. The van der Waals surface area contributed by atoms with E-state index < -0.39 is 0 Å². The third-order valence-corrected chi connectivity index (χ3v) is 2.84. The fourth-order valence-electron chi connectivity index (χ4n) is 1.38. The highest BCUT2D eigenvalue weighted by molar-refractivity contribution is 6.03. The van der Waals surface area contributed by atoms with Gasteiger partial charge in [0.15, 0.2) is 5.84 Å². The van der Waals surface area contributed by atoms with Gasteiger partial charge in [0.25, 0.3) is 0 Å². The second-order valence-corrected chi connectivity index (χ2v) is 4.28. The summed E-state index contributed by atoms with van der Waals surface area (Å²) in [6, 6.07) is 5.87. The average Bonchev–Trinajstić information content (AvgIpc) is 2.33. The number of amidine groups is 1. The van der Waals surface area contributed by atoms with E-state index >= 15 is 0 Å². The van der Waals surface area contributed by atoms with Gasteiger partial charge in [-0.3, -0.25) is 4.99 Å². The number of hydrogen-bond acceptors (Lipinski definition) is 2. The number of anilines is 1. The number of aryl methyl sites for hydroxylation is 1. The molecule has 0 aliphatic carbocycles. The van der Waals surface area contributed by atoms with E-state index in [0.717, 1.165) is 29.1 Å². The third kappa shape index (κ3) is 3.70. The Balaban J connectivity index is 2.95. The van der Waals surface area contributed by atoms with Crippen LogP contribution in [0.25, 0.3) is 0 Å². The predicted molar refractivity (Wildman–Crippen MR) is 76.0 cm³/mol. The molecule has 3 nitrogen and oxygen atoms in total. The Morgan fingerprint density at radius 2 is 2.18 bits per heavy atom. The van der Waals surface area contributed by atoms with Crippen LogP contribution in [0.1, 0.15) is 31.4 Å². The van der Waals surface area contributed by atoms with Gasteiger partial charge in [0.2, 0.25) is 0 Å². The molecule has 1 atom stereocenters. The molecule has 0 heterocycles. The van der Waals surface area contributed by atoms with Gasteiger partial charge in [-0.25, -0.2) is 4.99 Å². The van der Waals surface area contributed by atoms with Crippen LogP contribution in [-0.2, 0) is 0 Å². The number of nitrogens with two attached hydrogens (primary N) is 1. The van der Waals surface area contributed by atoms with Gasteiger partial charge >= 0.3 is 0 Å². The van der Waals surface area contributed by atoms with Gasteiger partial charge in [0.1, 0.15) is 0 Å². The summed E-state index contributed by atoms with van der Waals surface area (Å²) in [7, 11) is 1.76. The fraction of sp³-hybridized carbons (Fsp3) is 0.429. The van der Waals surface area contributed by atoms with Crippen LogP contribution in [-0.4, -0.2) is 19.1 Å². The summed E-state index contributed by atoms with van der Waals surface area (Å²) >= 11 is 0. The SMILES string of the molecule is CCC(C)C=NC(=NC)c1ccc(N)c(C)c1. The molecular weight excluding hydrogens is 210 g/mol. The molecule has 1 rings (SSSR count). The molecule has 0 bridgehead atoms. The number of nitrogens with zero attached hydrogens (tertiary/aromatic N) is 2. The Hall–Kier alpha value is -1.64. The minimum absolute atomic E-state index is 0.474. The van der Waals surface area contributed by atoms with Crippen molar-refractivity contribution in [2.75, 3.05) is 12.8 Å². The molecule has 0 fully saturated rings. The second-order valence-electron chi connectivity index (χ2n) is 4.28. The minimum atomic E-state index is 0.474. The Labute approximate surface area is 103 Å². The minimum Gasteiger partial charge on any atom is -0.399 e. The number of nitrogen functional groups attached to an aromatic ring is 1. The van der Waals surface area contributed by atoms with Crippen LogP contribution >= 0.6 is 0 Å². The topological polar surface area (TPSA) is 50.7 Å². The van der Waals surface area contributed by atoms with Gasteiger partial charge in [-0.1, -0.05) is 13.8 Å². The normalized spacial score (nSPS) is 14.2. The van der Waals surface area contributed by atoms with Crippen LogP contribution in [0.2, 0.25) is 0 Å². The summed E-state index contributed by atoms with van der Waals surface area (Å²) in [6.45, 7) is 6.28. The van der Waals surface area contributed by atoms with Crippen molar-refractivity contribution in [2.45, 2.75) is 27.2 Å². The highest BCUT2D eigenvalue weighted by atomic mass is 14.9. The lowest BCUT2D eigenvalue weighted by Gasteiger charge is -2.05. The van der Waals surface area contributed by atoms with Gasteiger partial charge < -0.3 is 5.73 Å². The smallest absolute Gasteiger partial charge is 0.153 e. The molecule has 0 radical (unpaired) electrons. The summed E-state index contributed by atoms with van der Waals surface area (Å²) < 4.78 is 0. The Bertz CT molecular complexity index is 433. The maximum absolute atomic E-state index is 5.80. The molecule has 0 amide bonds. The highest BCUT2D eigenvalue weighted by Crippen LogP contribution is 2.14. The molecule has 0 aliphatic heterocycles. The van der Waals surface area contributed by atoms with Crippen LogP contribution < -0.4 is 5.73 Å². The molecule has 3 heteroatoms. The first-order chi connectivity index (χ1) is 8.08. The zero-order valence-electron chi connectivity index (χ0n) is 11.1. The van der Waals surface area contributed by atoms with E-state index in [1.807, 2.05) is 31.3 Å². The largest absolute Gasteiger partial charge is 0.399 e. The quantitative estimate of drug-likeness (QED) is 0.485. The zero-order chi connectivity index (χ0) is 12.8. The van der Waals surface area contributed by atoms with Crippen molar-refractivity contribution < 1.29 is 0 Å². The fourth-order valence-corrected chi connectivity index (χ4v) is 1.38. The van der Waals surface area contributed by atoms with E-state index in [1.54, 1.807) is 7.05 Å².